The zero-order chi connectivity index (χ0) is 20.8. The molecule has 4 rings (SSSR count). The number of benzene rings is 1. The highest BCUT2D eigenvalue weighted by Crippen LogP contribution is 2.38. The molecule has 9 nitrogen and oxygen atoms in total. The molecule has 1 amide bonds. The molecule has 3 N–H and O–H groups in total. The third-order valence-electron chi connectivity index (χ3n) is 4.18. The molecule has 0 saturated carbocycles. The van der Waals surface area contributed by atoms with Gasteiger partial charge in [-0.3, -0.25) is 20.0 Å². The third kappa shape index (κ3) is 3.13. The topological polar surface area (TPSA) is 121 Å². The van der Waals surface area contributed by atoms with Gasteiger partial charge in [0.1, 0.15) is 17.6 Å². The summed E-state index contributed by atoms with van der Waals surface area (Å²) in [6.07, 6.45) is -3.63. The number of hydrogen-bond donors (Lipinski definition) is 3. The molecule has 0 aliphatic heterocycles. The first-order chi connectivity index (χ1) is 13.8. The fourth-order valence-corrected chi connectivity index (χ4v) is 2.96. The Labute approximate surface area is 159 Å². The Kier molecular flexibility index (Phi) is 4.18. The maximum absolute atomic E-state index is 13.6. The van der Waals surface area contributed by atoms with Crippen molar-refractivity contribution in [3.05, 3.63) is 64.0 Å². The van der Waals surface area contributed by atoms with E-state index in [1.165, 1.54) is 19.1 Å². The number of carbonyl (C=O) groups is 1. The number of hydrogen-bond acceptors (Lipinski definition) is 5. The number of nitrogens with zero attached hydrogens (tertiary/aromatic N) is 4. The van der Waals surface area contributed by atoms with E-state index < -0.39 is 28.9 Å². The van der Waals surface area contributed by atoms with Crippen molar-refractivity contribution in [2.45, 2.75) is 13.1 Å². The molecular formula is C17H12F3N7O2. The van der Waals surface area contributed by atoms with E-state index in [2.05, 4.69) is 30.6 Å². The van der Waals surface area contributed by atoms with Crippen LogP contribution in [0.4, 0.5) is 19.1 Å². The summed E-state index contributed by atoms with van der Waals surface area (Å²) in [6.45, 7) is 1.37. The Morgan fingerprint density at radius 1 is 1.21 bits per heavy atom. The van der Waals surface area contributed by atoms with Gasteiger partial charge in [-0.1, -0.05) is 30.3 Å². The largest absolute Gasteiger partial charge is 0.433 e. The van der Waals surface area contributed by atoms with Crippen LogP contribution in [0.15, 0.2) is 41.5 Å². The van der Waals surface area contributed by atoms with Gasteiger partial charge >= 0.3 is 6.18 Å². The second-order valence-electron chi connectivity index (χ2n) is 6.05. The van der Waals surface area contributed by atoms with E-state index in [4.69, 9.17) is 0 Å². The van der Waals surface area contributed by atoms with Crippen molar-refractivity contribution in [3.63, 3.8) is 0 Å². The van der Waals surface area contributed by atoms with Crippen LogP contribution in [-0.2, 0) is 6.18 Å². The van der Waals surface area contributed by atoms with Gasteiger partial charge in [-0.2, -0.15) is 27.8 Å². The number of anilines is 1. The fourth-order valence-electron chi connectivity index (χ4n) is 2.96. The van der Waals surface area contributed by atoms with E-state index in [1.54, 1.807) is 18.2 Å². The van der Waals surface area contributed by atoms with Crippen LogP contribution >= 0.6 is 0 Å². The second-order valence-corrected chi connectivity index (χ2v) is 6.05. The Balaban J connectivity index is 1.96. The first-order valence-corrected chi connectivity index (χ1v) is 8.22. The minimum absolute atomic E-state index is 0.0219. The Bertz CT molecular complexity index is 1260. The predicted molar refractivity (Wildman–Crippen MR) is 95.3 cm³/mol. The number of H-pyrrole nitrogens is 2. The normalized spacial score (nSPS) is 11.7. The lowest BCUT2D eigenvalue weighted by molar-refractivity contribution is -0.140. The number of rotatable bonds is 3. The Morgan fingerprint density at radius 3 is 2.55 bits per heavy atom. The number of aromatic nitrogens is 6. The van der Waals surface area contributed by atoms with Crippen LogP contribution in [0.25, 0.3) is 16.8 Å². The van der Waals surface area contributed by atoms with Crippen LogP contribution in [0, 0.1) is 6.92 Å². The van der Waals surface area contributed by atoms with Crippen LogP contribution in [0.3, 0.4) is 0 Å². The molecule has 3 aromatic heterocycles. The van der Waals surface area contributed by atoms with Crippen molar-refractivity contribution < 1.29 is 18.0 Å². The van der Waals surface area contributed by atoms with E-state index in [-0.39, 0.29) is 28.4 Å². The van der Waals surface area contributed by atoms with Crippen molar-refractivity contribution in [2.24, 2.45) is 0 Å². The number of amides is 1. The monoisotopic (exact) mass is 403 g/mol. The SMILES string of the molecule is Cc1nc2c(-c3ccccc3)c(C(F)(F)F)[nH]n2c(=O)c1C(=O)Nc1ncn[nH]1. The van der Waals surface area contributed by atoms with Crippen molar-refractivity contribution in [1.82, 2.24) is 29.8 Å². The van der Waals surface area contributed by atoms with E-state index in [9.17, 15) is 22.8 Å². The van der Waals surface area contributed by atoms with Gasteiger partial charge in [0.25, 0.3) is 11.5 Å². The van der Waals surface area contributed by atoms with Gasteiger partial charge in [-0.25, -0.2) is 10.1 Å². The van der Waals surface area contributed by atoms with Gasteiger partial charge in [-0.15, -0.1) is 0 Å². The second kappa shape index (κ2) is 6.58. The standard InChI is InChI=1S/C17H12F3N7O2/c1-8-10(14(28)24-16-21-7-22-25-16)15(29)27-13(23-8)11(9-5-3-2-4-6-9)12(26-27)17(18,19)20/h2-7,26H,1H3,(H2,21,22,24,25,28). The van der Waals surface area contributed by atoms with E-state index in [1.807, 2.05) is 0 Å². The molecule has 29 heavy (non-hydrogen) atoms. The average molecular weight is 403 g/mol. The van der Waals surface area contributed by atoms with Crippen LogP contribution in [0.2, 0.25) is 0 Å². The molecule has 12 heteroatoms. The molecule has 0 radical (unpaired) electrons. The fraction of sp³-hybridized carbons (Fsp3) is 0.118. The van der Waals surface area contributed by atoms with Crippen molar-refractivity contribution >= 4 is 17.5 Å². The summed E-state index contributed by atoms with van der Waals surface area (Å²) in [6, 6.07) is 7.75. The lowest BCUT2D eigenvalue weighted by atomic mass is 10.1. The first-order valence-electron chi connectivity index (χ1n) is 8.22. The third-order valence-corrected chi connectivity index (χ3v) is 4.18. The molecule has 0 atom stereocenters. The number of halogens is 3. The minimum atomic E-state index is -4.78. The molecule has 3 heterocycles. The minimum Gasteiger partial charge on any atom is -0.291 e. The maximum atomic E-state index is 13.6. The summed E-state index contributed by atoms with van der Waals surface area (Å²) >= 11 is 0. The van der Waals surface area contributed by atoms with Gasteiger partial charge in [-0.05, 0) is 12.5 Å². The summed E-state index contributed by atoms with van der Waals surface area (Å²) in [5.74, 6) is -0.901. The van der Waals surface area contributed by atoms with Crippen molar-refractivity contribution in [3.8, 4) is 11.1 Å². The number of carbonyl (C=O) groups excluding carboxylic acids is 1. The summed E-state index contributed by atoms with van der Waals surface area (Å²) < 4.78 is 41.5. The van der Waals surface area contributed by atoms with Gasteiger partial charge < -0.3 is 0 Å². The molecule has 0 aliphatic rings. The summed E-state index contributed by atoms with van der Waals surface area (Å²) in [5.41, 5.74) is -2.85. The quantitative estimate of drug-likeness (QED) is 0.485. The van der Waals surface area contributed by atoms with Gasteiger partial charge in [0.15, 0.2) is 5.65 Å². The molecule has 148 valence electrons. The van der Waals surface area contributed by atoms with E-state index in [0.717, 1.165) is 6.33 Å². The van der Waals surface area contributed by atoms with E-state index >= 15 is 0 Å². The number of alkyl halides is 3. The van der Waals surface area contributed by atoms with Gasteiger partial charge in [0, 0.05) is 0 Å². The van der Waals surface area contributed by atoms with Gasteiger partial charge in [0.2, 0.25) is 5.95 Å². The molecule has 0 spiro atoms. The number of fused-ring (bicyclic) bond motifs is 1. The predicted octanol–water partition coefficient (Wildman–Crippen LogP) is 2.39. The number of nitrogens with one attached hydrogen (secondary N) is 3. The number of aryl methyl sites for hydroxylation is 1. The summed E-state index contributed by atoms with van der Waals surface area (Å²) in [7, 11) is 0. The molecule has 0 saturated heterocycles. The molecule has 1 aromatic carbocycles. The first kappa shape index (κ1) is 18.4. The molecule has 0 unspecified atom stereocenters. The highest BCUT2D eigenvalue weighted by atomic mass is 19.4. The smallest absolute Gasteiger partial charge is 0.291 e. The van der Waals surface area contributed by atoms with Crippen molar-refractivity contribution in [2.75, 3.05) is 5.32 Å². The Morgan fingerprint density at radius 2 is 1.93 bits per heavy atom. The van der Waals surface area contributed by atoms with Crippen LogP contribution < -0.4 is 10.9 Å². The molecule has 0 fully saturated rings. The zero-order valence-electron chi connectivity index (χ0n) is 14.7. The average Bonchev–Trinajstić information content (AvgIpc) is 3.29. The lowest BCUT2D eigenvalue weighted by Crippen LogP contribution is -2.29. The molecule has 0 bridgehead atoms. The lowest BCUT2D eigenvalue weighted by Gasteiger charge is -2.07. The number of aromatic amines is 2. The maximum Gasteiger partial charge on any atom is 0.433 e. The Hall–Kier alpha value is -3.96. The zero-order valence-corrected chi connectivity index (χ0v) is 14.7. The van der Waals surface area contributed by atoms with Crippen LogP contribution in [-0.4, -0.2) is 35.7 Å². The molecular weight excluding hydrogens is 391 g/mol. The highest BCUT2D eigenvalue weighted by molar-refractivity contribution is 6.04. The van der Waals surface area contributed by atoms with Crippen molar-refractivity contribution in [1.29, 1.82) is 0 Å². The summed E-state index contributed by atoms with van der Waals surface area (Å²) in [5, 5.41) is 10.3. The van der Waals surface area contributed by atoms with Crippen LogP contribution in [0.1, 0.15) is 21.7 Å². The van der Waals surface area contributed by atoms with Crippen LogP contribution in [0.5, 0.6) is 0 Å². The molecule has 4 aromatic rings. The highest BCUT2D eigenvalue weighted by Gasteiger charge is 2.38. The molecule has 0 aliphatic carbocycles. The van der Waals surface area contributed by atoms with E-state index in [0.29, 0.717) is 4.52 Å². The van der Waals surface area contributed by atoms with Gasteiger partial charge in [0.05, 0.1) is 11.3 Å². The summed E-state index contributed by atoms with van der Waals surface area (Å²) in [4.78, 5) is 33.2.